The van der Waals surface area contributed by atoms with E-state index >= 15 is 0 Å². The number of morpholine rings is 1. The van der Waals surface area contributed by atoms with Gasteiger partial charge in [-0.25, -0.2) is 0 Å². The van der Waals surface area contributed by atoms with Gasteiger partial charge in [0.1, 0.15) is 5.56 Å². The van der Waals surface area contributed by atoms with Crippen molar-refractivity contribution in [3.05, 3.63) is 69.1 Å². The number of nitrogens with zero attached hydrogens (tertiary/aromatic N) is 2. The summed E-state index contributed by atoms with van der Waals surface area (Å²) < 4.78 is 6.86. The van der Waals surface area contributed by atoms with Crippen molar-refractivity contribution in [2.75, 3.05) is 39.9 Å². The predicted octanol–water partition coefficient (Wildman–Crippen LogP) is 1.27. The molecule has 1 saturated heterocycles. The third-order valence-corrected chi connectivity index (χ3v) is 6.41. The number of rotatable bonds is 8. The van der Waals surface area contributed by atoms with Gasteiger partial charge in [0.2, 0.25) is 0 Å². The molecule has 0 bridgehead atoms. The summed E-state index contributed by atoms with van der Waals surface area (Å²) in [5, 5.41) is 5.47. The van der Waals surface area contributed by atoms with Gasteiger partial charge in [-0.05, 0) is 36.0 Å². The van der Waals surface area contributed by atoms with E-state index in [2.05, 4.69) is 34.6 Å². The fourth-order valence-corrected chi connectivity index (χ4v) is 4.14. The third kappa shape index (κ3) is 5.89. The highest BCUT2D eigenvalue weighted by Crippen LogP contribution is 2.29. The maximum absolute atomic E-state index is 13.0. The Morgan fingerprint density at radius 1 is 1.12 bits per heavy atom. The molecule has 1 aliphatic carbocycles. The van der Waals surface area contributed by atoms with E-state index in [0.29, 0.717) is 11.5 Å². The molecule has 33 heavy (non-hydrogen) atoms. The quantitative estimate of drug-likeness (QED) is 0.629. The van der Waals surface area contributed by atoms with E-state index < -0.39 is 11.5 Å². The number of carbonyl (C=O) groups is 2. The maximum atomic E-state index is 13.0. The van der Waals surface area contributed by atoms with E-state index in [1.165, 1.54) is 23.2 Å². The molecular formula is C25H32N4O4. The third-order valence-electron chi connectivity index (χ3n) is 6.41. The number of nitrogens with one attached hydrogen (secondary N) is 2. The van der Waals surface area contributed by atoms with Crippen LogP contribution in [0.2, 0.25) is 0 Å². The SMILES string of the molecule is CNC(=O)c1cc(C(=O)N[C@H]2C[C@@H]2C)cn(Cc2cccc(CCN3CCOCC3)c2)c1=O. The topological polar surface area (TPSA) is 92.7 Å². The molecule has 2 atom stereocenters. The average Bonchev–Trinajstić information content (AvgIpc) is 3.53. The van der Waals surface area contributed by atoms with Crippen LogP contribution in [0.4, 0.5) is 0 Å². The summed E-state index contributed by atoms with van der Waals surface area (Å²) in [6, 6.07) is 9.67. The summed E-state index contributed by atoms with van der Waals surface area (Å²) in [5.74, 6) is -0.302. The van der Waals surface area contributed by atoms with Crippen LogP contribution in [0.25, 0.3) is 0 Å². The number of aromatic nitrogens is 1. The monoisotopic (exact) mass is 452 g/mol. The molecule has 1 aromatic heterocycles. The van der Waals surface area contributed by atoms with Crippen molar-refractivity contribution < 1.29 is 14.3 Å². The Labute approximate surface area is 193 Å². The van der Waals surface area contributed by atoms with Crippen LogP contribution in [0.3, 0.4) is 0 Å². The molecule has 176 valence electrons. The molecule has 0 spiro atoms. The number of carbonyl (C=O) groups excluding carboxylic acids is 2. The Kier molecular flexibility index (Phi) is 7.25. The van der Waals surface area contributed by atoms with Gasteiger partial charge >= 0.3 is 0 Å². The zero-order valence-electron chi connectivity index (χ0n) is 19.3. The lowest BCUT2D eigenvalue weighted by atomic mass is 10.1. The van der Waals surface area contributed by atoms with Crippen molar-refractivity contribution >= 4 is 11.8 Å². The van der Waals surface area contributed by atoms with Crippen molar-refractivity contribution in [2.24, 2.45) is 5.92 Å². The number of hydrogen-bond acceptors (Lipinski definition) is 5. The lowest BCUT2D eigenvalue weighted by molar-refractivity contribution is 0.0384. The van der Waals surface area contributed by atoms with Gasteiger partial charge in [-0.2, -0.15) is 0 Å². The average molecular weight is 453 g/mol. The molecule has 4 rings (SSSR count). The molecule has 1 aliphatic heterocycles. The molecule has 2 aromatic rings. The van der Waals surface area contributed by atoms with Gasteiger partial charge in [-0.15, -0.1) is 0 Å². The predicted molar refractivity (Wildman–Crippen MR) is 126 cm³/mol. The molecule has 1 aromatic carbocycles. The van der Waals surface area contributed by atoms with Crippen LogP contribution in [0.5, 0.6) is 0 Å². The van der Waals surface area contributed by atoms with Crippen molar-refractivity contribution in [2.45, 2.75) is 32.4 Å². The molecular weight excluding hydrogens is 420 g/mol. The van der Waals surface area contributed by atoms with E-state index in [-0.39, 0.29) is 24.1 Å². The zero-order chi connectivity index (χ0) is 23.4. The largest absolute Gasteiger partial charge is 0.379 e. The minimum Gasteiger partial charge on any atom is -0.379 e. The molecule has 8 nitrogen and oxygen atoms in total. The number of amides is 2. The highest BCUT2D eigenvalue weighted by atomic mass is 16.5. The Bertz CT molecular complexity index is 1070. The summed E-state index contributed by atoms with van der Waals surface area (Å²) in [4.78, 5) is 40.5. The maximum Gasteiger partial charge on any atom is 0.263 e. The van der Waals surface area contributed by atoms with Gasteiger partial charge in [-0.1, -0.05) is 31.2 Å². The second-order valence-corrected chi connectivity index (χ2v) is 8.97. The van der Waals surface area contributed by atoms with Crippen LogP contribution in [0, 0.1) is 5.92 Å². The molecule has 8 heteroatoms. The highest BCUT2D eigenvalue weighted by molar-refractivity contribution is 5.99. The molecule has 2 N–H and O–H groups in total. The second-order valence-electron chi connectivity index (χ2n) is 8.97. The summed E-state index contributed by atoms with van der Waals surface area (Å²) in [5.41, 5.74) is 2.01. The molecule has 1 saturated carbocycles. The first-order valence-corrected chi connectivity index (χ1v) is 11.6. The Balaban J connectivity index is 1.53. The van der Waals surface area contributed by atoms with Gasteiger partial charge in [0.05, 0.1) is 25.3 Å². The first-order valence-electron chi connectivity index (χ1n) is 11.6. The minimum absolute atomic E-state index is 0.0301. The number of hydrogen-bond donors (Lipinski definition) is 2. The zero-order valence-corrected chi connectivity index (χ0v) is 19.3. The number of benzene rings is 1. The standard InChI is InChI=1S/C25H32N4O4/c1-17-12-22(17)27-23(30)20-14-21(24(31)26-2)25(32)29(16-20)15-19-5-3-4-18(13-19)6-7-28-8-10-33-11-9-28/h3-5,13-14,16-17,22H,6-12,15H2,1-2H3,(H,26,31)(H,27,30)/t17-,22-/m0/s1. The van der Waals surface area contributed by atoms with Gasteiger partial charge in [0, 0.05) is 38.9 Å². The smallest absolute Gasteiger partial charge is 0.263 e. The van der Waals surface area contributed by atoms with E-state index in [1.807, 2.05) is 12.1 Å². The summed E-state index contributed by atoms with van der Waals surface area (Å²) in [7, 11) is 1.47. The molecule has 2 amide bonds. The van der Waals surface area contributed by atoms with Crippen molar-refractivity contribution in [3.63, 3.8) is 0 Å². The van der Waals surface area contributed by atoms with Crippen molar-refractivity contribution in [1.29, 1.82) is 0 Å². The molecule has 2 fully saturated rings. The van der Waals surface area contributed by atoms with Gasteiger partial charge in [0.25, 0.3) is 17.4 Å². The van der Waals surface area contributed by atoms with Crippen molar-refractivity contribution in [1.82, 2.24) is 20.1 Å². The number of pyridine rings is 1. The Morgan fingerprint density at radius 2 is 1.85 bits per heavy atom. The van der Waals surface area contributed by atoms with Crippen LogP contribution in [0.15, 0.2) is 41.3 Å². The van der Waals surface area contributed by atoms with Crippen LogP contribution in [-0.2, 0) is 17.7 Å². The fourth-order valence-electron chi connectivity index (χ4n) is 4.14. The molecule has 2 heterocycles. The van der Waals surface area contributed by atoms with E-state index in [0.717, 1.165) is 51.3 Å². The Morgan fingerprint density at radius 3 is 2.55 bits per heavy atom. The lowest BCUT2D eigenvalue weighted by Crippen LogP contribution is -2.37. The fraction of sp³-hybridized carbons (Fsp3) is 0.480. The first-order chi connectivity index (χ1) is 15.9. The van der Waals surface area contributed by atoms with Crippen molar-refractivity contribution in [3.8, 4) is 0 Å². The van der Waals surface area contributed by atoms with E-state index in [9.17, 15) is 14.4 Å². The van der Waals surface area contributed by atoms with Gasteiger partial charge in [0.15, 0.2) is 0 Å². The first kappa shape index (κ1) is 23.2. The normalized spacial score (nSPS) is 20.3. The van der Waals surface area contributed by atoms with E-state index in [4.69, 9.17) is 4.74 Å². The molecule has 0 radical (unpaired) electrons. The number of ether oxygens (including phenoxy) is 1. The van der Waals surface area contributed by atoms with Crippen LogP contribution in [-0.4, -0.2) is 67.2 Å². The summed E-state index contributed by atoms with van der Waals surface area (Å²) in [6.07, 6.45) is 3.41. The second kappa shape index (κ2) is 10.3. The Hall–Kier alpha value is -2.97. The summed E-state index contributed by atoms with van der Waals surface area (Å²) >= 11 is 0. The summed E-state index contributed by atoms with van der Waals surface area (Å²) in [6.45, 7) is 6.78. The van der Waals surface area contributed by atoms with Crippen LogP contribution >= 0.6 is 0 Å². The minimum atomic E-state index is -0.498. The molecule has 2 aliphatic rings. The van der Waals surface area contributed by atoms with Gasteiger partial charge < -0.3 is 19.9 Å². The van der Waals surface area contributed by atoms with Gasteiger partial charge in [-0.3, -0.25) is 19.3 Å². The highest BCUT2D eigenvalue weighted by Gasteiger charge is 2.34. The molecule has 0 unspecified atom stereocenters. The van der Waals surface area contributed by atoms with E-state index in [1.54, 1.807) is 6.20 Å². The lowest BCUT2D eigenvalue weighted by Gasteiger charge is -2.26. The van der Waals surface area contributed by atoms with Crippen LogP contribution in [0.1, 0.15) is 45.2 Å². The van der Waals surface area contributed by atoms with Crippen LogP contribution < -0.4 is 16.2 Å².